The highest BCUT2D eigenvalue weighted by molar-refractivity contribution is 7.89. The van der Waals surface area contributed by atoms with Crippen molar-refractivity contribution in [1.82, 2.24) is 9.62 Å². The van der Waals surface area contributed by atoms with Gasteiger partial charge in [0.2, 0.25) is 15.9 Å². The first kappa shape index (κ1) is 18.5. The summed E-state index contributed by atoms with van der Waals surface area (Å²) in [5.74, 6) is -0.733. The van der Waals surface area contributed by atoms with Crippen molar-refractivity contribution in [2.45, 2.75) is 37.2 Å². The zero-order chi connectivity index (χ0) is 18.7. The number of amides is 1. The summed E-state index contributed by atoms with van der Waals surface area (Å²) in [6.07, 6.45) is 1.10. The van der Waals surface area contributed by atoms with Crippen LogP contribution in [0.25, 0.3) is 0 Å². The molecule has 0 aromatic heterocycles. The second kappa shape index (κ2) is 7.55. The Labute approximate surface area is 152 Å². The van der Waals surface area contributed by atoms with Gasteiger partial charge in [0.25, 0.3) is 0 Å². The lowest BCUT2D eigenvalue weighted by Crippen LogP contribution is -2.45. The SMILES string of the molecule is Cc1ccc(S(=O)(=O)N2CCC[C@H]2C(=O)NCc2cccc(F)c2)cc1. The van der Waals surface area contributed by atoms with Crippen LogP contribution in [0, 0.1) is 12.7 Å². The lowest BCUT2D eigenvalue weighted by molar-refractivity contribution is -0.124. The van der Waals surface area contributed by atoms with Gasteiger partial charge in [-0.25, -0.2) is 12.8 Å². The number of carbonyl (C=O) groups excluding carboxylic acids is 1. The summed E-state index contributed by atoms with van der Waals surface area (Å²) < 4.78 is 40.2. The van der Waals surface area contributed by atoms with Crippen LogP contribution in [-0.4, -0.2) is 31.2 Å². The summed E-state index contributed by atoms with van der Waals surface area (Å²) in [6.45, 7) is 2.36. The molecular formula is C19H21FN2O3S. The zero-order valence-electron chi connectivity index (χ0n) is 14.5. The van der Waals surface area contributed by atoms with Crippen molar-refractivity contribution in [1.29, 1.82) is 0 Å². The number of benzene rings is 2. The Kier molecular flexibility index (Phi) is 5.38. The number of aryl methyl sites for hydroxylation is 1. The van der Waals surface area contributed by atoms with E-state index in [-0.39, 0.29) is 23.2 Å². The van der Waals surface area contributed by atoms with E-state index in [0.29, 0.717) is 24.9 Å². The van der Waals surface area contributed by atoms with Crippen molar-refractivity contribution in [3.63, 3.8) is 0 Å². The fraction of sp³-hybridized carbons (Fsp3) is 0.316. The summed E-state index contributed by atoms with van der Waals surface area (Å²) in [6, 6.07) is 11.8. The molecule has 1 saturated heterocycles. The Balaban J connectivity index is 1.72. The van der Waals surface area contributed by atoms with E-state index < -0.39 is 16.1 Å². The molecule has 1 amide bonds. The molecule has 3 rings (SSSR count). The Morgan fingerprint density at radius 1 is 1.23 bits per heavy atom. The van der Waals surface area contributed by atoms with E-state index in [1.54, 1.807) is 36.4 Å². The highest BCUT2D eigenvalue weighted by Crippen LogP contribution is 2.26. The van der Waals surface area contributed by atoms with E-state index >= 15 is 0 Å². The van der Waals surface area contributed by atoms with Crippen LogP contribution in [0.3, 0.4) is 0 Å². The minimum Gasteiger partial charge on any atom is -0.351 e. The number of hydrogen-bond donors (Lipinski definition) is 1. The number of hydrogen-bond acceptors (Lipinski definition) is 3. The lowest BCUT2D eigenvalue weighted by Gasteiger charge is -2.23. The van der Waals surface area contributed by atoms with Crippen LogP contribution in [0.15, 0.2) is 53.4 Å². The van der Waals surface area contributed by atoms with Crippen LogP contribution in [0.5, 0.6) is 0 Å². The van der Waals surface area contributed by atoms with Crippen molar-refractivity contribution >= 4 is 15.9 Å². The van der Waals surface area contributed by atoms with Crippen molar-refractivity contribution < 1.29 is 17.6 Å². The van der Waals surface area contributed by atoms with Gasteiger partial charge in [0.15, 0.2) is 0 Å². The first-order valence-electron chi connectivity index (χ1n) is 8.48. The van der Waals surface area contributed by atoms with Crippen molar-refractivity contribution in [3.8, 4) is 0 Å². The number of nitrogens with zero attached hydrogens (tertiary/aromatic N) is 1. The van der Waals surface area contributed by atoms with Gasteiger partial charge >= 0.3 is 0 Å². The largest absolute Gasteiger partial charge is 0.351 e. The average Bonchev–Trinajstić information content (AvgIpc) is 3.11. The predicted octanol–water partition coefficient (Wildman–Crippen LogP) is 2.60. The molecular weight excluding hydrogens is 355 g/mol. The normalized spacial score (nSPS) is 18.0. The second-order valence-corrected chi connectivity index (χ2v) is 8.33. The molecule has 26 heavy (non-hydrogen) atoms. The highest BCUT2D eigenvalue weighted by Gasteiger charge is 2.39. The summed E-state index contributed by atoms with van der Waals surface area (Å²) in [5.41, 5.74) is 1.60. The first-order valence-corrected chi connectivity index (χ1v) is 9.92. The molecule has 2 aromatic carbocycles. The quantitative estimate of drug-likeness (QED) is 0.872. The maximum atomic E-state index is 13.2. The highest BCUT2D eigenvalue weighted by atomic mass is 32.2. The third-order valence-electron chi connectivity index (χ3n) is 4.49. The number of carbonyl (C=O) groups is 1. The van der Waals surface area contributed by atoms with E-state index in [1.165, 1.54) is 16.4 Å². The van der Waals surface area contributed by atoms with Gasteiger partial charge < -0.3 is 5.32 Å². The van der Waals surface area contributed by atoms with Crippen LogP contribution in [0.4, 0.5) is 4.39 Å². The summed E-state index contributed by atoms with van der Waals surface area (Å²) in [4.78, 5) is 12.7. The van der Waals surface area contributed by atoms with E-state index in [1.807, 2.05) is 6.92 Å². The first-order chi connectivity index (χ1) is 12.4. The van der Waals surface area contributed by atoms with Crippen molar-refractivity contribution in [2.24, 2.45) is 0 Å². The topological polar surface area (TPSA) is 66.5 Å². The second-order valence-electron chi connectivity index (χ2n) is 6.43. The average molecular weight is 376 g/mol. The van der Waals surface area contributed by atoms with Gasteiger partial charge in [-0.2, -0.15) is 4.31 Å². The molecule has 1 aliphatic heterocycles. The molecule has 0 spiro atoms. The lowest BCUT2D eigenvalue weighted by atomic mass is 10.2. The summed E-state index contributed by atoms with van der Waals surface area (Å²) in [5, 5.41) is 2.72. The molecule has 0 saturated carbocycles. The van der Waals surface area contributed by atoms with Crippen LogP contribution >= 0.6 is 0 Å². The fourth-order valence-electron chi connectivity index (χ4n) is 3.09. The maximum Gasteiger partial charge on any atom is 0.243 e. The Hall–Kier alpha value is -2.25. The van der Waals surface area contributed by atoms with Gasteiger partial charge in [0.05, 0.1) is 4.90 Å². The monoisotopic (exact) mass is 376 g/mol. The van der Waals surface area contributed by atoms with Crippen LogP contribution in [0.2, 0.25) is 0 Å². The van der Waals surface area contributed by atoms with Crippen molar-refractivity contribution in [2.75, 3.05) is 6.54 Å². The van der Waals surface area contributed by atoms with Crippen molar-refractivity contribution in [3.05, 3.63) is 65.5 Å². The molecule has 5 nitrogen and oxygen atoms in total. The van der Waals surface area contributed by atoms with Gasteiger partial charge in [-0.1, -0.05) is 29.8 Å². The molecule has 1 aliphatic rings. The fourth-order valence-corrected chi connectivity index (χ4v) is 4.75. The molecule has 0 unspecified atom stereocenters. The van der Waals surface area contributed by atoms with E-state index in [2.05, 4.69) is 5.32 Å². The maximum absolute atomic E-state index is 13.2. The van der Waals surface area contributed by atoms with Gasteiger partial charge in [0, 0.05) is 13.1 Å². The third kappa shape index (κ3) is 3.94. The Bertz CT molecular complexity index is 897. The van der Waals surface area contributed by atoms with Gasteiger partial charge in [0.1, 0.15) is 11.9 Å². The molecule has 138 valence electrons. The number of rotatable bonds is 5. The number of sulfonamides is 1. The van der Waals surface area contributed by atoms with Gasteiger partial charge in [-0.15, -0.1) is 0 Å². The Morgan fingerprint density at radius 2 is 1.96 bits per heavy atom. The van der Waals surface area contributed by atoms with E-state index in [0.717, 1.165) is 5.56 Å². The number of halogens is 1. The van der Waals surface area contributed by atoms with Crippen LogP contribution in [0.1, 0.15) is 24.0 Å². The molecule has 0 bridgehead atoms. The summed E-state index contributed by atoms with van der Waals surface area (Å²) in [7, 11) is -3.73. The summed E-state index contributed by atoms with van der Waals surface area (Å²) >= 11 is 0. The number of nitrogens with one attached hydrogen (secondary N) is 1. The molecule has 2 aromatic rings. The molecule has 1 atom stereocenters. The van der Waals surface area contributed by atoms with E-state index in [9.17, 15) is 17.6 Å². The Morgan fingerprint density at radius 3 is 2.65 bits per heavy atom. The molecule has 1 heterocycles. The van der Waals surface area contributed by atoms with E-state index in [4.69, 9.17) is 0 Å². The molecule has 0 aliphatic carbocycles. The molecule has 0 radical (unpaired) electrons. The standard InChI is InChI=1S/C19H21FN2O3S/c1-14-7-9-17(10-8-14)26(24,25)22-11-3-6-18(22)19(23)21-13-15-4-2-5-16(20)12-15/h2,4-5,7-10,12,18H,3,6,11,13H2,1H3,(H,21,23)/t18-/m0/s1. The van der Waals surface area contributed by atoms with Gasteiger partial charge in [-0.05, 0) is 49.6 Å². The minimum absolute atomic E-state index is 0.158. The minimum atomic E-state index is -3.73. The van der Waals surface area contributed by atoms with Crippen LogP contribution < -0.4 is 5.32 Å². The molecule has 1 N–H and O–H groups in total. The smallest absolute Gasteiger partial charge is 0.243 e. The molecule has 7 heteroatoms. The zero-order valence-corrected chi connectivity index (χ0v) is 15.3. The predicted molar refractivity (Wildman–Crippen MR) is 96.3 cm³/mol. The third-order valence-corrected chi connectivity index (χ3v) is 6.41. The van der Waals surface area contributed by atoms with Gasteiger partial charge in [-0.3, -0.25) is 4.79 Å². The molecule has 1 fully saturated rings. The van der Waals surface area contributed by atoms with Crippen LogP contribution in [-0.2, 0) is 21.4 Å².